The van der Waals surface area contributed by atoms with Gasteiger partial charge in [0, 0.05) is 28.1 Å². The van der Waals surface area contributed by atoms with Gasteiger partial charge in [0.1, 0.15) is 4.88 Å². The summed E-state index contributed by atoms with van der Waals surface area (Å²) in [6.45, 7) is 0.385. The van der Waals surface area contributed by atoms with Crippen LogP contribution in [0.1, 0.15) is 22.5 Å². The molecule has 0 spiro atoms. The van der Waals surface area contributed by atoms with Gasteiger partial charge < -0.3 is 16.8 Å². The number of carbonyl (C=O) groups is 2. The maximum atomic E-state index is 12.0. The summed E-state index contributed by atoms with van der Waals surface area (Å²) in [7, 11) is 0. The lowest BCUT2D eigenvalue weighted by Gasteiger charge is -2.03. The molecule has 1 aromatic carbocycles. The third-order valence-electron chi connectivity index (χ3n) is 2.78. The fraction of sp³-hybridized carbons (Fsp3) is 0.231. The van der Waals surface area contributed by atoms with Crippen LogP contribution in [0.15, 0.2) is 18.2 Å². The molecule has 0 aliphatic rings. The Morgan fingerprint density at radius 3 is 2.80 bits per heavy atom. The van der Waals surface area contributed by atoms with Crippen LogP contribution in [0.2, 0.25) is 5.02 Å². The van der Waals surface area contributed by atoms with Gasteiger partial charge in [0.05, 0.1) is 5.69 Å². The first kappa shape index (κ1) is 14.6. The van der Waals surface area contributed by atoms with Crippen LogP contribution in [0.3, 0.4) is 0 Å². The number of halogens is 1. The minimum atomic E-state index is -0.379. The summed E-state index contributed by atoms with van der Waals surface area (Å²) in [6.07, 6.45) is 0.759. The molecule has 7 heteroatoms. The van der Waals surface area contributed by atoms with Gasteiger partial charge in [-0.15, -0.1) is 11.3 Å². The Bertz CT molecular complexity index is 669. The van der Waals surface area contributed by atoms with E-state index in [0.29, 0.717) is 28.6 Å². The van der Waals surface area contributed by atoms with Crippen molar-refractivity contribution in [1.82, 2.24) is 5.32 Å². The van der Waals surface area contributed by atoms with Crippen molar-refractivity contribution in [2.45, 2.75) is 12.8 Å². The average molecular weight is 312 g/mol. The third-order valence-corrected chi connectivity index (χ3v) is 4.18. The Morgan fingerprint density at radius 2 is 2.10 bits per heavy atom. The highest BCUT2D eigenvalue weighted by Gasteiger charge is 2.16. The van der Waals surface area contributed by atoms with Gasteiger partial charge in [0.2, 0.25) is 5.91 Å². The second-order valence-corrected chi connectivity index (χ2v) is 5.80. The van der Waals surface area contributed by atoms with Gasteiger partial charge in [-0.25, -0.2) is 0 Å². The van der Waals surface area contributed by atoms with Crippen LogP contribution in [0, 0.1) is 0 Å². The maximum Gasteiger partial charge on any atom is 0.263 e. The Morgan fingerprint density at radius 1 is 1.35 bits per heavy atom. The number of benzene rings is 1. The molecule has 106 valence electrons. The summed E-state index contributed by atoms with van der Waals surface area (Å²) in [5.41, 5.74) is 11.5. The minimum Gasteiger partial charge on any atom is -0.397 e. The first-order valence-corrected chi connectivity index (χ1v) is 7.22. The average Bonchev–Trinajstić information content (AvgIpc) is 2.71. The molecule has 0 aliphatic heterocycles. The molecule has 2 rings (SSSR count). The van der Waals surface area contributed by atoms with Crippen molar-refractivity contribution >= 4 is 50.5 Å². The number of hydrogen-bond donors (Lipinski definition) is 3. The SMILES string of the molecule is NC(=O)CCCNC(=O)c1sc2cc(Cl)ccc2c1N. The monoisotopic (exact) mass is 311 g/mol. The van der Waals surface area contributed by atoms with E-state index in [0.717, 1.165) is 10.1 Å². The highest BCUT2D eigenvalue weighted by molar-refractivity contribution is 7.21. The van der Waals surface area contributed by atoms with Gasteiger partial charge in [0.25, 0.3) is 5.91 Å². The lowest BCUT2D eigenvalue weighted by molar-refractivity contribution is -0.118. The molecule has 20 heavy (non-hydrogen) atoms. The van der Waals surface area contributed by atoms with Crippen LogP contribution < -0.4 is 16.8 Å². The largest absolute Gasteiger partial charge is 0.397 e. The van der Waals surface area contributed by atoms with Crippen molar-refractivity contribution in [3.05, 3.63) is 28.1 Å². The van der Waals surface area contributed by atoms with Crippen LogP contribution in [-0.4, -0.2) is 18.4 Å². The van der Waals surface area contributed by atoms with Crippen LogP contribution in [-0.2, 0) is 4.79 Å². The van der Waals surface area contributed by atoms with E-state index in [1.807, 2.05) is 0 Å². The lowest BCUT2D eigenvalue weighted by Crippen LogP contribution is -2.25. The van der Waals surface area contributed by atoms with Gasteiger partial charge in [0.15, 0.2) is 0 Å². The minimum absolute atomic E-state index is 0.246. The Hall–Kier alpha value is -1.79. The van der Waals surface area contributed by atoms with Crippen LogP contribution in [0.25, 0.3) is 10.1 Å². The molecule has 0 fully saturated rings. The Kier molecular flexibility index (Phi) is 4.46. The van der Waals surface area contributed by atoms with E-state index < -0.39 is 0 Å². The van der Waals surface area contributed by atoms with Gasteiger partial charge >= 0.3 is 0 Å². The van der Waals surface area contributed by atoms with Gasteiger partial charge in [-0.05, 0) is 24.6 Å². The first-order valence-electron chi connectivity index (χ1n) is 6.03. The van der Waals surface area contributed by atoms with Crippen molar-refractivity contribution < 1.29 is 9.59 Å². The molecular weight excluding hydrogens is 298 g/mol. The first-order chi connectivity index (χ1) is 9.49. The fourth-order valence-electron chi connectivity index (χ4n) is 1.80. The van der Waals surface area contributed by atoms with Crippen LogP contribution >= 0.6 is 22.9 Å². The standard InChI is InChI=1S/C13H14ClN3O2S/c14-7-3-4-8-9(6-7)20-12(11(8)16)13(19)17-5-1-2-10(15)18/h3-4,6H,1-2,5,16H2,(H2,15,18)(H,17,19). The second-order valence-electron chi connectivity index (χ2n) is 4.31. The van der Waals surface area contributed by atoms with Crippen molar-refractivity contribution in [3.63, 3.8) is 0 Å². The van der Waals surface area contributed by atoms with Crippen molar-refractivity contribution in [2.24, 2.45) is 5.73 Å². The maximum absolute atomic E-state index is 12.0. The molecule has 1 heterocycles. The smallest absolute Gasteiger partial charge is 0.263 e. The second kappa shape index (κ2) is 6.11. The molecule has 0 saturated heterocycles. The molecule has 0 radical (unpaired) electrons. The van der Waals surface area contributed by atoms with E-state index >= 15 is 0 Å². The van der Waals surface area contributed by atoms with Crippen molar-refractivity contribution in [1.29, 1.82) is 0 Å². The number of carbonyl (C=O) groups excluding carboxylic acids is 2. The number of primary amides is 1. The summed E-state index contributed by atoms with van der Waals surface area (Å²) in [6, 6.07) is 5.32. The zero-order valence-corrected chi connectivity index (χ0v) is 12.2. The van der Waals surface area contributed by atoms with E-state index in [1.165, 1.54) is 11.3 Å². The predicted molar refractivity (Wildman–Crippen MR) is 82.0 cm³/mol. The molecule has 0 unspecified atom stereocenters. The van der Waals surface area contributed by atoms with E-state index in [4.69, 9.17) is 23.1 Å². The molecule has 5 N–H and O–H groups in total. The molecule has 0 atom stereocenters. The van der Waals surface area contributed by atoms with Crippen molar-refractivity contribution in [3.8, 4) is 0 Å². The van der Waals surface area contributed by atoms with E-state index in [2.05, 4.69) is 5.32 Å². The van der Waals surface area contributed by atoms with E-state index in [-0.39, 0.29) is 18.2 Å². The highest BCUT2D eigenvalue weighted by Crippen LogP contribution is 2.35. The molecule has 2 amide bonds. The summed E-state index contributed by atoms with van der Waals surface area (Å²) in [5, 5.41) is 4.15. The number of anilines is 1. The Labute approximate surface area is 124 Å². The molecule has 2 aromatic rings. The van der Waals surface area contributed by atoms with Gasteiger partial charge in [-0.3, -0.25) is 9.59 Å². The number of thiophene rings is 1. The van der Waals surface area contributed by atoms with Crippen molar-refractivity contribution in [2.75, 3.05) is 12.3 Å². The lowest BCUT2D eigenvalue weighted by atomic mass is 10.2. The number of nitrogens with two attached hydrogens (primary N) is 2. The Balaban J connectivity index is 2.10. The van der Waals surface area contributed by atoms with Gasteiger partial charge in [-0.1, -0.05) is 11.6 Å². The topological polar surface area (TPSA) is 98.2 Å². The molecule has 0 saturated carbocycles. The summed E-state index contributed by atoms with van der Waals surface area (Å²) in [4.78, 5) is 23.1. The normalized spacial score (nSPS) is 10.7. The number of nitrogen functional groups attached to an aromatic ring is 1. The number of fused-ring (bicyclic) bond motifs is 1. The highest BCUT2D eigenvalue weighted by atomic mass is 35.5. The van der Waals surface area contributed by atoms with Crippen LogP contribution in [0.4, 0.5) is 5.69 Å². The summed E-state index contributed by atoms with van der Waals surface area (Å²) >= 11 is 7.21. The summed E-state index contributed by atoms with van der Waals surface area (Å²) < 4.78 is 0.872. The fourth-order valence-corrected chi connectivity index (χ4v) is 3.12. The molecule has 0 aliphatic carbocycles. The number of nitrogens with one attached hydrogen (secondary N) is 1. The van der Waals surface area contributed by atoms with E-state index in [9.17, 15) is 9.59 Å². The molecular formula is C13H14ClN3O2S. The molecule has 1 aromatic heterocycles. The molecule has 5 nitrogen and oxygen atoms in total. The quantitative estimate of drug-likeness (QED) is 0.738. The zero-order valence-electron chi connectivity index (χ0n) is 10.6. The number of rotatable bonds is 5. The number of amides is 2. The molecule has 0 bridgehead atoms. The predicted octanol–water partition coefficient (Wildman–Crippen LogP) is 2.13. The number of hydrogen-bond acceptors (Lipinski definition) is 4. The van der Waals surface area contributed by atoms with Crippen LogP contribution in [0.5, 0.6) is 0 Å². The third kappa shape index (κ3) is 3.20. The van der Waals surface area contributed by atoms with E-state index in [1.54, 1.807) is 18.2 Å². The summed E-state index contributed by atoms with van der Waals surface area (Å²) in [5.74, 6) is -0.625. The van der Waals surface area contributed by atoms with Gasteiger partial charge in [-0.2, -0.15) is 0 Å². The zero-order chi connectivity index (χ0) is 14.7.